The molecule has 0 atom stereocenters. The van der Waals surface area contributed by atoms with Gasteiger partial charge in [0, 0.05) is 29.3 Å². The molecule has 1 aliphatic carbocycles. The molecule has 0 fully saturated rings. The third kappa shape index (κ3) is 5.83. The van der Waals surface area contributed by atoms with E-state index in [0.29, 0.717) is 0 Å². The first-order valence-electron chi connectivity index (χ1n) is 16.1. The molecule has 4 nitrogen and oxygen atoms in total. The first-order valence-corrected chi connectivity index (χ1v) is 16.1. The Morgan fingerprint density at radius 2 is 1.14 bits per heavy atom. The summed E-state index contributed by atoms with van der Waals surface area (Å²) < 4.78 is 0. The van der Waals surface area contributed by atoms with Crippen molar-refractivity contribution in [3.63, 3.8) is 0 Å². The molecular formula is C44H33N3OPt. The number of fused-ring (bicyclic) bond motifs is 3. The predicted molar refractivity (Wildman–Crippen MR) is 196 cm³/mol. The smallest absolute Gasteiger partial charge is 0.515 e. The van der Waals surface area contributed by atoms with E-state index >= 15 is 0 Å². The molecule has 0 saturated heterocycles. The number of hydrogen-bond acceptors (Lipinski definition) is 4. The fourth-order valence-electron chi connectivity index (χ4n) is 6.82. The van der Waals surface area contributed by atoms with Gasteiger partial charge in [-0.25, -0.2) is 10.5 Å². The van der Waals surface area contributed by atoms with E-state index in [9.17, 15) is 5.11 Å². The van der Waals surface area contributed by atoms with Crippen molar-refractivity contribution in [3.8, 4) is 28.0 Å². The minimum Gasteiger partial charge on any atom is -0.515 e. The molecule has 0 spiro atoms. The Bertz CT molecular complexity index is 2200. The van der Waals surface area contributed by atoms with Crippen LogP contribution in [0.2, 0.25) is 0 Å². The van der Waals surface area contributed by atoms with Gasteiger partial charge >= 0.3 is 21.1 Å². The monoisotopic (exact) mass is 814 g/mol. The van der Waals surface area contributed by atoms with Gasteiger partial charge in [-0.1, -0.05) is 86.1 Å². The third-order valence-electron chi connectivity index (χ3n) is 9.16. The number of phenolic OH excluding ortho intramolecular Hbond substituents is 1. The molecule has 1 N–H and O–H groups in total. The first kappa shape index (κ1) is 32.1. The molecule has 0 unspecified atom stereocenters. The van der Waals surface area contributed by atoms with E-state index in [-0.39, 0.29) is 32.2 Å². The number of para-hydroxylation sites is 3. The summed E-state index contributed by atoms with van der Waals surface area (Å²) in [4.78, 5) is 9.28. The Labute approximate surface area is 302 Å². The second-order valence-electron chi connectivity index (χ2n) is 12.5. The van der Waals surface area contributed by atoms with Gasteiger partial charge < -0.3 is 14.9 Å². The topological polar surface area (TPSA) is 39.6 Å². The van der Waals surface area contributed by atoms with Crippen LogP contribution in [0.25, 0.3) is 22.3 Å². The number of anilines is 6. The number of pyridine rings is 1. The van der Waals surface area contributed by atoms with Crippen molar-refractivity contribution in [1.82, 2.24) is 4.98 Å². The second kappa shape index (κ2) is 13.2. The van der Waals surface area contributed by atoms with E-state index in [4.69, 9.17) is 4.98 Å². The van der Waals surface area contributed by atoms with Gasteiger partial charge in [-0.3, -0.25) is 0 Å². The van der Waals surface area contributed by atoms with Crippen LogP contribution in [-0.4, -0.2) is 10.1 Å². The van der Waals surface area contributed by atoms with E-state index in [0.717, 1.165) is 67.6 Å². The Kier molecular flexibility index (Phi) is 8.67. The van der Waals surface area contributed by atoms with Crippen LogP contribution in [0, 0.1) is 12.1 Å². The molecule has 0 amide bonds. The molecule has 240 valence electrons. The Hall–Kier alpha value is -5.44. The van der Waals surface area contributed by atoms with Gasteiger partial charge in [0.2, 0.25) is 0 Å². The van der Waals surface area contributed by atoms with E-state index in [1.807, 2.05) is 48.7 Å². The average molecular weight is 815 g/mol. The fraction of sp³-hybridized carbons (Fsp3) is 0.0682. The molecule has 6 aromatic carbocycles. The molecule has 49 heavy (non-hydrogen) atoms. The maximum atomic E-state index is 10.9. The number of rotatable bonds is 7. The zero-order valence-electron chi connectivity index (χ0n) is 27.1. The fourth-order valence-corrected chi connectivity index (χ4v) is 6.82. The van der Waals surface area contributed by atoms with Crippen molar-refractivity contribution in [2.45, 2.75) is 19.3 Å². The van der Waals surface area contributed by atoms with Crippen LogP contribution in [0.5, 0.6) is 5.75 Å². The minimum absolute atomic E-state index is 0. The van der Waals surface area contributed by atoms with Gasteiger partial charge in [0.05, 0.1) is 11.4 Å². The zero-order chi connectivity index (χ0) is 32.7. The Morgan fingerprint density at radius 1 is 0.551 bits per heavy atom. The third-order valence-corrected chi connectivity index (χ3v) is 9.16. The van der Waals surface area contributed by atoms with E-state index in [1.165, 1.54) is 0 Å². The average Bonchev–Trinajstić information content (AvgIpc) is 3.37. The van der Waals surface area contributed by atoms with Gasteiger partial charge in [0.25, 0.3) is 0 Å². The number of nitrogens with zero attached hydrogens (tertiary/aromatic N) is 3. The number of benzene rings is 6. The summed E-state index contributed by atoms with van der Waals surface area (Å²) in [6.07, 6.45) is 1.86. The molecule has 1 heterocycles. The maximum absolute atomic E-state index is 10.9. The SMILES string of the molecule is CC1(C)c2ccc(-c3[c-]c(N(c4ccccc4)c4cc(N(c5ccccc5)c5ccccc5)ccn4)ccc3)[c-]c2-c2c(O)cccc21.[Pt+2]. The second-order valence-corrected chi connectivity index (χ2v) is 12.5. The van der Waals surface area contributed by atoms with Crippen LogP contribution in [0.15, 0.2) is 158 Å². The van der Waals surface area contributed by atoms with Crippen LogP contribution in [-0.2, 0) is 26.5 Å². The summed E-state index contributed by atoms with van der Waals surface area (Å²) in [5.41, 5.74) is 10.6. The largest absolute Gasteiger partial charge is 2.00 e. The molecule has 0 radical (unpaired) electrons. The number of hydrogen-bond donors (Lipinski definition) is 1. The summed E-state index contributed by atoms with van der Waals surface area (Å²) >= 11 is 0. The number of aromatic hydroxyl groups is 1. The normalized spacial score (nSPS) is 12.4. The summed E-state index contributed by atoms with van der Waals surface area (Å²) in [6.45, 7) is 4.40. The molecule has 7 aromatic rings. The summed E-state index contributed by atoms with van der Waals surface area (Å²) in [7, 11) is 0. The molecule has 8 rings (SSSR count). The van der Waals surface area contributed by atoms with Gasteiger partial charge in [-0.2, -0.15) is 35.9 Å². The van der Waals surface area contributed by atoms with Crippen LogP contribution in [0.1, 0.15) is 25.0 Å². The van der Waals surface area contributed by atoms with Crippen LogP contribution in [0.3, 0.4) is 0 Å². The molecule has 0 aliphatic heterocycles. The molecule has 0 bridgehead atoms. The van der Waals surface area contributed by atoms with Crippen molar-refractivity contribution in [2.75, 3.05) is 9.80 Å². The number of aromatic nitrogens is 1. The maximum Gasteiger partial charge on any atom is 2.00 e. The summed E-state index contributed by atoms with van der Waals surface area (Å²) in [5, 5.41) is 10.9. The molecule has 1 aromatic heterocycles. The van der Waals surface area contributed by atoms with Crippen LogP contribution >= 0.6 is 0 Å². The Morgan fingerprint density at radius 3 is 1.80 bits per heavy atom. The van der Waals surface area contributed by atoms with Crippen LogP contribution < -0.4 is 9.80 Å². The standard InChI is InChI=1S/C44H33N3O.Pt/c1-44(2)39-25-24-32(29-38(39)43-40(44)22-13-23-41(43)48)31-14-12-21-36(28-31)47(35-19-10-5-11-20-35)42-30-37(26-27-45-42)46(33-15-6-3-7-16-33)34-17-8-4-9-18-34;/h3-27,30,48H,1-2H3;/q-2;+2. The zero-order valence-corrected chi connectivity index (χ0v) is 29.4. The molecule has 1 aliphatic rings. The van der Waals surface area contributed by atoms with Crippen molar-refractivity contribution >= 4 is 34.3 Å². The van der Waals surface area contributed by atoms with E-state index in [2.05, 4.69) is 139 Å². The molecular weight excluding hydrogens is 782 g/mol. The predicted octanol–water partition coefficient (Wildman–Crippen LogP) is 11.3. The van der Waals surface area contributed by atoms with Gasteiger partial charge in [0.1, 0.15) is 5.82 Å². The first-order chi connectivity index (χ1) is 23.5. The van der Waals surface area contributed by atoms with Gasteiger partial charge in [-0.05, 0) is 65.2 Å². The quantitative estimate of drug-likeness (QED) is 0.163. The van der Waals surface area contributed by atoms with Crippen molar-refractivity contribution < 1.29 is 26.2 Å². The minimum atomic E-state index is -0.224. The van der Waals surface area contributed by atoms with Crippen molar-refractivity contribution in [2.24, 2.45) is 0 Å². The molecule has 5 heteroatoms. The van der Waals surface area contributed by atoms with Crippen LogP contribution in [0.4, 0.5) is 34.3 Å². The van der Waals surface area contributed by atoms with Crippen molar-refractivity contribution in [1.29, 1.82) is 0 Å². The summed E-state index contributed by atoms with van der Waals surface area (Å²) in [6, 6.07) is 58.8. The van der Waals surface area contributed by atoms with E-state index in [1.54, 1.807) is 6.07 Å². The number of phenols is 1. The van der Waals surface area contributed by atoms with Gasteiger partial charge in [-0.15, -0.1) is 23.3 Å². The van der Waals surface area contributed by atoms with Gasteiger partial charge in [0.15, 0.2) is 0 Å². The van der Waals surface area contributed by atoms with E-state index < -0.39 is 0 Å². The van der Waals surface area contributed by atoms with Crippen molar-refractivity contribution in [3.05, 3.63) is 181 Å². The Balaban J connectivity index is 0.00000378. The summed E-state index contributed by atoms with van der Waals surface area (Å²) in [5.74, 6) is 1.05. The molecule has 0 saturated carbocycles.